The van der Waals surface area contributed by atoms with E-state index >= 15 is 0 Å². The van der Waals surface area contributed by atoms with E-state index in [1.165, 1.54) is 0 Å². The number of halogens is 3. The number of carbonyl (C=O) groups is 6. The van der Waals surface area contributed by atoms with Gasteiger partial charge in [0.25, 0.3) is 0 Å². The summed E-state index contributed by atoms with van der Waals surface area (Å²) < 4.78 is 40.7. The van der Waals surface area contributed by atoms with Crippen molar-refractivity contribution < 1.29 is 47.0 Å². The third-order valence-corrected chi connectivity index (χ3v) is 9.88. The Balaban J connectivity index is 1.39. The van der Waals surface area contributed by atoms with Crippen LogP contribution >= 0.6 is 0 Å². The third kappa shape index (κ3) is 4.63. The molecular formula is C30H33F3N2O7. The molecule has 0 aromatic rings. The zero-order chi connectivity index (χ0) is 30.8. The van der Waals surface area contributed by atoms with Crippen LogP contribution in [0.2, 0.25) is 0 Å². The number of allylic oxidation sites excluding steroid dienone is 5. The molecule has 5 rings (SSSR count). The van der Waals surface area contributed by atoms with Crippen LogP contribution in [-0.4, -0.2) is 70.6 Å². The van der Waals surface area contributed by atoms with Crippen molar-refractivity contribution in [3.05, 3.63) is 34.7 Å². The van der Waals surface area contributed by atoms with Crippen molar-refractivity contribution in [1.29, 1.82) is 0 Å². The van der Waals surface area contributed by atoms with Gasteiger partial charge in [-0.3, -0.25) is 28.8 Å². The van der Waals surface area contributed by atoms with Gasteiger partial charge >= 0.3 is 0 Å². The number of Topliss-reactive ketones (excluding diaryl/α,β-unsaturated/α-hetero) is 5. The molecule has 12 heteroatoms. The van der Waals surface area contributed by atoms with Crippen molar-refractivity contribution >= 4 is 34.8 Å². The summed E-state index contributed by atoms with van der Waals surface area (Å²) >= 11 is 0. The number of nitrogens with zero attached hydrogens (tertiary/aromatic N) is 1. The van der Waals surface area contributed by atoms with Crippen molar-refractivity contribution in [2.45, 2.75) is 63.0 Å². The fourth-order valence-corrected chi connectivity index (χ4v) is 7.80. The van der Waals surface area contributed by atoms with Gasteiger partial charge < -0.3 is 15.7 Å². The highest BCUT2D eigenvalue weighted by molar-refractivity contribution is 6.34. The summed E-state index contributed by atoms with van der Waals surface area (Å²) in [5.74, 6) is -16.0. The molecule has 5 unspecified atom stereocenters. The van der Waals surface area contributed by atoms with Crippen molar-refractivity contribution in [3.63, 3.8) is 0 Å². The highest BCUT2D eigenvalue weighted by Crippen LogP contribution is 2.52. The summed E-state index contributed by atoms with van der Waals surface area (Å²) in [6, 6.07) is -0.320. The van der Waals surface area contributed by atoms with E-state index in [1.807, 2.05) is 4.90 Å². The summed E-state index contributed by atoms with van der Waals surface area (Å²) in [6.07, 6.45) is 1.89. The average Bonchev–Trinajstić information content (AvgIpc) is 2.90. The minimum Gasteiger partial charge on any atom is -0.374 e. The Kier molecular flexibility index (Phi) is 7.76. The van der Waals surface area contributed by atoms with Crippen molar-refractivity contribution in [3.8, 4) is 0 Å². The van der Waals surface area contributed by atoms with Crippen LogP contribution < -0.4 is 5.73 Å². The smallest absolute Gasteiger partial charge is 0.235 e. The fourth-order valence-electron chi connectivity index (χ4n) is 7.80. The zero-order valence-electron chi connectivity index (χ0n) is 23.3. The van der Waals surface area contributed by atoms with Gasteiger partial charge in [0.2, 0.25) is 5.91 Å². The van der Waals surface area contributed by atoms with E-state index in [-0.39, 0.29) is 30.9 Å². The molecule has 42 heavy (non-hydrogen) atoms. The number of aliphatic hydroxyl groups is 1. The standard InChI is InChI=1S/C30H33F3N2O7/c1-35(2)19-10-13(5-3-4-12-6-17(31)24(33)18(32)7-12)25(37)22-16(19)9-14-8-15-11-20(36)23(29(34)41)28(40)30(15,42)27(39)21(14)26(22)38/h6,12-15,19,21,23,42H,3-5,7-11H2,1-2H3,(H2,34,41)/t12?,13?,14-,15+,19?,21?,23?,30+/m1/s1. The molecule has 0 spiro atoms. The number of likely N-dealkylation sites (N-methyl/N-ethyl adjacent to an activating group) is 1. The molecule has 226 valence electrons. The Morgan fingerprint density at radius 1 is 1.00 bits per heavy atom. The van der Waals surface area contributed by atoms with Crippen LogP contribution in [-0.2, 0) is 28.8 Å². The first-order chi connectivity index (χ1) is 19.7. The number of hydrogen-bond acceptors (Lipinski definition) is 8. The number of amides is 1. The number of carbonyl (C=O) groups excluding carboxylic acids is 6. The summed E-state index contributed by atoms with van der Waals surface area (Å²) in [4.78, 5) is 80.7. The highest BCUT2D eigenvalue weighted by atomic mass is 19.2. The van der Waals surface area contributed by atoms with Gasteiger partial charge in [0.05, 0.1) is 11.5 Å². The Morgan fingerprint density at radius 2 is 1.69 bits per heavy atom. The molecule has 3 N–H and O–H groups in total. The second-order valence-electron chi connectivity index (χ2n) is 12.5. The van der Waals surface area contributed by atoms with Gasteiger partial charge in [-0.05, 0) is 69.7 Å². The van der Waals surface area contributed by atoms with Gasteiger partial charge in [0.15, 0.2) is 52.1 Å². The molecule has 5 aliphatic rings. The predicted molar refractivity (Wildman–Crippen MR) is 140 cm³/mol. The van der Waals surface area contributed by atoms with E-state index in [0.717, 1.165) is 6.08 Å². The number of rotatable bonds is 6. The van der Waals surface area contributed by atoms with Gasteiger partial charge in [-0.25, -0.2) is 13.2 Å². The van der Waals surface area contributed by atoms with Crippen LogP contribution in [0.15, 0.2) is 34.7 Å². The molecule has 0 radical (unpaired) electrons. The molecule has 9 nitrogen and oxygen atoms in total. The SMILES string of the molecule is CN(C)C1CC(CCCC2C=C(F)C(F)=C(F)C2)C(=O)C2=C1C[C@H]1C[C@H]3CC(=O)C(C(N)=O)C(=O)[C@@]3(O)C(=O)C1C2=O. The molecule has 2 saturated carbocycles. The lowest BCUT2D eigenvalue weighted by atomic mass is 9.52. The fraction of sp³-hybridized carbons (Fsp3) is 0.600. The van der Waals surface area contributed by atoms with E-state index in [4.69, 9.17) is 5.73 Å². The Morgan fingerprint density at radius 3 is 2.31 bits per heavy atom. The Hall–Kier alpha value is -3.25. The zero-order valence-corrected chi connectivity index (χ0v) is 23.3. The normalized spacial score (nSPS) is 37.1. The summed E-state index contributed by atoms with van der Waals surface area (Å²) in [7, 11) is 3.59. The van der Waals surface area contributed by atoms with E-state index < -0.39 is 99.8 Å². The summed E-state index contributed by atoms with van der Waals surface area (Å²) in [6.45, 7) is 0. The van der Waals surface area contributed by atoms with Gasteiger partial charge in [-0.1, -0.05) is 6.42 Å². The van der Waals surface area contributed by atoms with Gasteiger partial charge in [-0.15, -0.1) is 0 Å². The predicted octanol–water partition coefficient (Wildman–Crippen LogP) is 2.17. The maximum Gasteiger partial charge on any atom is 0.235 e. The average molecular weight is 591 g/mol. The molecule has 0 heterocycles. The van der Waals surface area contributed by atoms with Crippen LogP contribution in [0.1, 0.15) is 51.4 Å². The molecule has 0 saturated heterocycles. The van der Waals surface area contributed by atoms with E-state index in [2.05, 4.69) is 0 Å². The first-order valence-electron chi connectivity index (χ1n) is 14.2. The quantitative estimate of drug-likeness (QED) is 0.353. The molecule has 0 aromatic carbocycles. The first-order valence-corrected chi connectivity index (χ1v) is 14.2. The molecule has 0 bridgehead atoms. The largest absolute Gasteiger partial charge is 0.374 e. The van der Waals surface area contributed by atoms with Crippen LogP contribution in [0.5, 0.6) is 0 Å². The Bertz CT molecular complexity index is 1400. The topological polar surface area (TPSA) is 152 Å². The van der Waals surface area contributed by atoms with Gasteiger partial charge in [0, 0.05) is 30.7 Å². The highest BCUT2D eigenvalue weighted by Gasteiger charge is 2.66. The van der Waals surface area contributed by atoms with Crippen LogP contribution in [0.3, 0.4) is 0 Å². The molecule has 2 fully saturated rings. The molecule has 1 amide bonds. The number of hydrogen-bond donors (Lipinski definition) is 2. The molecule has 0 aromatic heterocycles. The van der Waals surface area contributed by atoms with Crippen LogP contribution in [0.25, 0.3) is 0 Å². The first kappa shape index (κ1) is 30.2. The summed E-state index contributed by atoms with van der Waals surface area (Å²) in [5, 5.41) is 11.4. The Labute approximate surface area is 240 Å². The third-order valence-electron chi connectivity index (χ3n) is 9.88. The lowest BCUT2D eigenvalue weighted by molar-refractivity contribution is -0.177. The van der Waals surface area contributed by atoms with E-state index in [1.54, 1.807) is 14.1 Å². The van der Waals surface area contributed by atoms with Crippen molar-refractivity contribution in [2.24, 2.45) is 41.2 Å². The van der Waals surface area contributed by atoms with Crippen LogP contribution in [0, 0.1) is 35.5 Å². The van der Waals surface area contributed by atoms with Crippen molar-refractivity contribution in [2.75, 3.05) is 14.1 Å². The molecule has 5 aliphatic carbocycles. The minimum absolute atomic E-state index is 0.00716. The van der Waals surface area contributed by atoms with Gasteiger partial charge in [0.1, 0.15) is 5.83 Å². The second-order valence-corrected chi connectivity index (χ2v) is 12.5. The van der Waals surface area contributed by atoms with Gasteiger partial charge in [-0.2, -0.15) is 0 Å². The summed E-state index contributed by atoms with van der Waals surface area (Å²) in [5.41, 5.74) is 2.95. The minimum atomic E-state index is -2.73. The maximum atomic E-state index is 13.9. The lowest BCUT2D eigenvalue weighted by Gasteiger charge is -2.50. The number of nitrogens with two attached hydrogens (primary N) is 1. The number of ketones is 5. The maximum absolute atomic E-state index is 13.9. The number of primary amides is 1. The lowest BCUT2D eigenvalue weighted by Crippen LogP contribution is -2.68. The molecular weight excluding hydrogens is 557 g/mol. The van der Waals surface area contributed by atoms with Crippen LogP contribution in [0.4, 0.5) is 13.2 Å². The van der Waals surface area contributed by atoms with Crippen molar-refractivity contribution in [1.82, 2.24) is 4.90 Å². The van der Waals surface area contributed by atoms with E-state index in [9.17, 15) is 47.0 Å². The monoisotopic (exact) mass is 590 g/mol. The van der Waals surface area contributed by atoms with E-state index in [0.29, 0.717) is 31.3 Å². The second kappa shape index (κ2) is 10.8. The molecule has 0 aliphatic heterocycles. The molecule has 8 atom stereocenters. The number of fused-ring (bicyclic) bond motifs is 2.